The van der Waals surface area contributed by atoms with Crippen molar-refractivity contribution < 1.29 is 4.79 Å². The van der Waals surface area contributed by atoms with Crippen LogP contribution < -0.4 is 5.32 Å². The number of aryl methyl sites for hydroxylation is 3. The highest BCUT2D eigenvalue weighted by atomic mass is 79.9. The molecule has 2 aromatic carbocycles. The van der Waals surface area contributed by atoms with Crippen LogP contribution in [0.25, 0.3) is 0 Å². The number of halogens is 2. The first-order valence-electron chi connectivity index (χ1n) is 6.23. The predicted octanol–water partition coefficient (Wildman–Crippen LogP) is 5.28. The highest BCUT2D eigenvalue weighted by Gasteiger charge is 2.14. The first-order valence-corrected chi connectivity index (χ1v) is 7.40. The highest BCUT2D eigenvalue weighted by Crippen LogP contribution is 2.28. The molecule has 4 heteroatoms. The maximum atomic E-state index is 12.4. The number of hydrogen-bond acceptors (Lipinski definition) is 1. The van der Waals surface area contributed by atoms with Crippen LogP contribution in [0.3, 0.4) is 0 Å². The van der Waals surface area contributed by atoms with Crippen LogP contribution in [0.4, 0.5) is 5.69 Å². The second-order valence-corrected chi connectivity index (χ2v) is 6.06. The number of benzene rings is 2. The van der Waals surface area contributed by atoms with Crippen molar-refractivity contribution in [3.8, 4) is 0 Å². The summed E-state index contributed by atoms with van der Waals surface area (Å²) in [5.41, 5.74) is 4.57. The summed E-state index contributed by atoms with van der Waals surface area (Å²) in [6.07, 6.45) is 0. The third-order valence-corrected chi connectivity index (χ3v) is 4.41. The fourth-order valence-corrected chi connectivity index (χ4v) is 2.82. The maximum absolute atomic E-state index is 12.4. The number of anilines is 1. The minimum absolute atomic E-state index is 0.202. The Labute approximate surface area is 132 Å². The van der Waals surface area contributed by atoms with Crippen LogP contribution in [0, 0.1) is 20.8 Å². The number of hydrogen-bond donors (Lipinski definition) is 1. The van der Waals surface area contributed by atoms with Crippen LogP contribution in [0.5, 0.6) is 0 Å². The van der Waals surface area contributed by atoms with Gasteiger partial charge in [-0.05, 0) is 60.0 Å². The molecule has 0 unspecified atom stereocenters. The standard InChI is InChI=1S/C16H15BrClNO/c1-9-7-10(2)15(11(3)8-9)19-16(20)12-5-4-6-13(17)14(12)18/h4-8H,1-3H3,(H,19,20). The minimum Gasteiger partial charge on any atom is -0.321 e. The Morgan fingerprint density at radius 2 is 1.75 bits per heavy atom. The zero-order valence-electron chi connectivity index (χ0n) is 11.6. The molecule has 0 aliphatic carbocycles. The summed E-state index contributed by atoms with van der Waals surface area (Å²) in [6.45, 7) is 6.01. The quantitative estimate of drug-likeness (QED) is 0.782. The van der Waals surface area contributed by atoms with Gasteiger partial charge in [0.2, 0.25) is 0 Å². The molecule has 1 N–H and O–H groups in total. The largest absolute Gasteiger partial charge is 0.321 e. The van der Waals surface area contributed by atoms with E-state index >= 15 is 0 Å². The lowest BCUT2D eigenvalue weighted by Gasteiger charge is -2.13. The molecule has 1 amide bonds. The number of nitrogens with one attached hydrogen (secondary N) is 1. The molecule has 0 saturated carbocycles. The van der Waals surface area contributed by atoms with Gasteiger partial charge in [0.15, 0.2) is 0 Å². The lowest BCUT2D eigenvalue weighted by molar-refractivity contribution is 0.102. The molecule has 0 aromatic heterocycles. The number of carbonyl (C=O) groups excluding carboxylic acids is 1. The number of carbonyl (C=O) groups is 1. The van der Waals surface area contributed by atoms with E-state index in [4.69, 9.17) is 11.6 Å². The van der Waals surface area contributed by atoms with Gasteiger partial charge in [0.1, 0.15) is 0 Å². The van der Waals surface area contributed by atoms with Crippen molar-refractivity contribution in [2.75, 3.05) is 5.32 Å². The predicted molar refractivity (Wildman–Crippen MR) is 87.8 cm³/mol. The van der Waals surface area contributed by atoms with Gasteiger partial charge in [0.25, 0.3) is 5.91 Å². The lowest BCUT2D eigenvalue weighted by Crippen LogP contribution is -2.14. The Hall–Kier alpha value is -1.32. The Kier molecular flexibility index (Phi) is 4.51. The Balaban J connectivity index is 2.36. The number of rotatable bonds is 2. The molecular formula is C16H15BrClNO. The molecule has 0 atom stereocenters. The zero-order chi connectivity index (χ0) is 14.9. The first-order chi connectivity index (χ1) is 9.40. The molecule has 0 fully saturated rings. The lowest BCUT2D eigenvalue weighted by atomic mass is 10.0. The Morgan fingerprint density at radius 1 is 1.15 bits per heavy atom. The van der Waals surface area contributed by atoms with E-state index in [1.165, 1.54) is 5.56 Å². The van der Waals surface area contributed by atoms with Gasteiger partial charge in [-0.25, -0.2) is 0 Å². The van der Waals surface area contributed by atoms with Gasteiger partial charge in [-0.3, -0.25) is 4.79 Å². The van der Waals surface area contributed by atoms with Gasteiger partial charge < -0.3 is 5.32 Å². The average molecular weight is 353 g/mol. The molecule has 20 heavy (non-hydrogen) atoms. The summed E-state index contributed by atoms with van der Waals surface area (Å²) >= 11 is 9.48. The average Bonchev–Trinajstić information content (AvgIpc) is 2.36. The van der Waals surface area contributed by atoms with Gasteiger partial charge in [-0.1, -0.05) is 35.4 Å². The molecule has 2 nitrogen and oxygen atoms in total. The molecule has 104 valence electrons. The molecule has 0 aliphatic rings. The van der Waals surface area contributed by atoms with Crippen molar-refractivity contribution in [3.05, 3.63) is 62.1 Å². The molecular weight excluding hydrogens is 338 g/mol. The van der Waals surface area contributed by atoms with E-state index in [2.05, 4.69) is 21.2 Å². The van der Waals surface area contributed by atoms with Crippen molar-refractivity contribution in [1.29, 1.82) is 0 Å². The zero-order valence-corrected chi connectivity index (χ0v) is 13.9. The van der Waals surface area contributed by atoms with E-state index in [1.807, 2.05) is 39.0 Å². The molecule has 0 bridgehead atoms. The van der Waals surface area contributed by atoms with Crippen LogP contribution in [0.15, 0.2) is 34.8 Å². The molecule has 0 aliphatic heterocycles. The summed E-state index contributed by atoms with van der Waals surface area (Å²) in [5, 5.41) is 3.37. The summed E-state index contributed by atoms with van der Waals surface area (Å²) in [4.78, 5) is 12.4. The van der Waals surface area contributed by atoms with Gasteiger partial charge in [-0.15, -0.1) is 0 Å². The van der Waals surface area contributed by atoms with Crippen molar-refractivity contribution in [3.63, 3.8) is 0 Å². The fraction of sp³-hybridized carbons (Fsp3) is 0.188. The summed E-state index contributed by atoms with van der Waals surface area (Å²) < 4.78 is 0.712. The summed E-state index contributed by atoms with van der Waals surface area (Å²) in [5.74, 6) is -0.202. The topological polar surface area (TPSA) is 29.1 Å². The van der Waals surface area contributed by atoms with Gasteiger partial charge in [0, 0.05) is 10.2 Å². The summed E-state index contributed by atoms with van der Waals surface area (Å²) in [7, 11) is 0. The van der Waals surface area contributed by atoms with Crippen molar-refractivity contribution in [1.82, 2.24) is 0 Å². The first kappa shape index (κ1) is 15.1. The SMILES string of the molecule is Cc1cc(C)c(NC(=O)c2cccc(Br)c2Cl)c(C)c1. The van der Waals surface area contributed by atoms with Crippen molar-refractivity contribution in [2.45, 2.75) is 20.8 Å². The summed E-state index contributed by atoms with van der Waals surface area (Å²) in [6, 6.07) is 9.40. The molecule has 0 spiro atoms. The third kappa shape index (κ3) is 3.05. The van der Waals surface area contributed by atoms with Crippen LogP contribution in [-0.4, -0.2) is 5.91 Å². The molecule has 0 saturated heterocycles. The van der Waals surface area contributed by atoms with Gasteiger partial charge >= 0.3 is 0 Å². The second-order valence-electron chi connectivity index (χ2n) is 4.83. The van der Waals surface area contributed by atoms with E-state index in [0.29, 0.717) is 15.1 Å². The van der Waals surface area contributed by atoms with E-state index in [-0.39, 0.29) is 5.91 Å². The van der Waals surface area contributed by atoms with E-state index in [9.17, 15) is 4.79 Å². The van der Waals surface area contributed by atoms with Gasteiger partial charge in [-0.2, -0.15) is 0 Å². The third-order valence-electron chi connectivity index (χ3n) is 3.11. The van der Waals surface area contributed by atoms with E-state index in [1.54, 1.807) is 12.1 Å². The maximum Gasteiger partial charge on any atom is 0.257 e. The Bertz CT molecular complexity index is 659. The fourth-order valence-electron chi connectivity index (χ4n) is 2.24. The minimum atomic E-state index is -0.202. The molecule has 2 rings (SSSR count). The monoisotopic (exact) mass is 351 g/mol. The second kappa shape index (κ2) is 5.98. The van der Waals surface area contributed by atoms with Crippen LogP contribution in [0.2, 0.25) is 5.02 Å². The van der Waals surface area contributed by atoms with Gasteiger partial charge in [0.05, 0.1) is 10.6 Å². The van der Waals surface area contributed by atoms with E-state index in [0.717, 1.165) is 16.8 Å². The Morgan fingerprint density at radius 3 is 2.35 bits per heavy atom. The van der Waals surface area contributed by atoms with Crippen LogP contribution in [0.1, 0.15) is 27.0 Å². The smallest absolute Gasteiger partial charge is 0.257 e. The number of amides is 1. The van der Waals surface area contributed by atoms with E-state index < -0.39 is 0 Å². The molecule has 2 aromatic rings. The normalized spacial score (nSPS) is 10.4. The van der Waals surface area contributed by atoms with Crippen LogP contribution >= 0.6 is 27.5 Å². The molecule has 0 heterocycles. The van der Waals surface area contributed by atoms with Crippen LogP contribution in [-0.2, 0) is 0 Å². The molecule has 0 radical (unpaired) electrons. The highest BCUT2D eigenvalue weighted by molar-refractivity contribution is 9.10. The van der Waals surface area contributed by atoms with Crippen molar-refractivity contribution >= 4 is 39.1 Å². The van der Waals surface area contributed by atoms with Crippen molar-refractivity contribution in [2.24, 2.45) is 0 Å².